The summed E-state index contributed by atoms with van der Waals surface area (Å²) in [5.41, 5.74) is 0.796. The first-order valence-corrected chi connectivity index (χ1v) is 8.56. The highest BCUT2D eigenvalue weighted by Gasteiger charge is 2.28. The number of ether oxygens (including phenoxy) is 1. The van der Waals surface area contributed by atoms with Gasteiger partial charge in [-0.25, -0.2) is 0 Å². The van der Waals surface area contributed by atoms with Gasteiger partial charge in [-0.15, -0.1) is 0 Å². The number of hydrogen-bond donors (Lipinski definition) is 1. The minimum Gasteiger partial charge on any atom is -0.508 e. The van der Waals surface area contributed by atoms with Gasteiger partial charge in [0.1, 0.15) is 5.75 Å². The van der Waals surface area contributed by atoms with E-state index in [9.17, 15) is 9.90 Å². The number of rotatable bonds is 5. The lowest BCUT2D eigenvalue weighted by Gasteiger charge is -2.30. The van der Waals surface area contributed by atoms with Crippen molar-refractivity contribution in [2.45, 2.75) is 44.8 Å². The van der Waals surface area contributed by atoms with Gasteiger partial charge in [-0.3, -0.25) is 4.79 Å². The molecule has 4 heteroatoms. The van der Waals surface area contributed by atoms with Gasteiger partial charge >= 0.3 is 0 Å². The molecule has 1 saturated heterocycles. The van der Waals surface area contributed by atoms with Crippen molar-refractivity contribution < 1.29 is 14.6 Å². The summed E-state index contributed by atoms with van der Waals surface area (Å²) in [4.78, 5) is 14.8. The van der Waals surface area contributed by atoms with Crippen molar-refractivity contribution in [2.75, 3.05) is 13.2 Å². The van der Waals surface area contributed by atoms with E-state index in [0.717, 1.165) is 44.3 Å². The van der Waals surface area contributed by atoms with E-state index in [2.05, 4.69) is 12.2 Å². The largest absolute Gasteiger partial charge is 0.508 e. The second kappa shape index (κ2) is 7.64. The molecule has 0 bridgehead atoms. The van der Waals surface area contributed by atoms with Crippen molar-refractivity contribution in [3.05, 3.63) is 42.0 Å². The topological polar surface area (TPSA) is 49.8 Å². The van der Waals surface area contributed by atoms with E-state index in [-0.39, 0.29) is 23.7 Å². The first-order chi connectivity index (χ1) is 11.2. The van der Waals surface area contributed by atoms with Crippen LogP contribution in [0.5, 0.6) is 5.75 Å². The molecule has 0 saturated carbocycles. The summed E-state index contributed by atoms with van der Waals surface area (Å²) in [7, 11) is 0. The third kappa shape index (κ3) is 4.14. The van der Waals surface area contributed by atoms with Crippen LogP contribution in [-0.4, -0.2) is 35.2 Å². The van der Waals surface area contributed by atoms with Crippen LogP contribution in [0.3, 0.4) is 0 Å². The summed E-state index contributed by atoms with van der Waals surface area (Å²) in [6, 6.07) is 7.25. The molecular formula is C19H25NO3. The van der Waals surface area contributed by atoms with Crippen molar-refractivity contribution in [3.63, 3.8) is 0 Å². The number of carbonyl (C=O) groups is 1. The Labute approximate surface area is 137 Å². The third-order valence-electron chi connectivity index (χ3n) is 4.73. The molecular weight excluding hydrogens is 290 g/mol. The fourth-order valence-electron chi connectivity index (χ4n) is 3.39. The number of aromatic hydroxyl groups is 1. The Bertz CT molecular complexity index is 563. The average Bonchev–Trinajstić information content (AvgIpc) is 3.09. The minimum absolute atomic E-state index is 0.0623. The molecule has 124 valence electrons. The molecule has 0 aromatic heterocycles. The molecule has 1 fully saturated rings. The van der Waals surface area contributed by atoms with Crippen LogP contribution < -0.4 is 0 Å². The van der Waals surface area contributed by atoms with Crippen molar-refractivity contribution in [1.29, 1.82) is 0 Å². The number of nitrogens with zero attached hydrogens (tertiary/aromatic N) is 1. The standard InChI is InChI=1S/C19H25NO3/c21-18-11-5-4-9-16(18)13-20(14-17-10-6-12-23-17)19(22)15-7-2-1-3-8-15/h1-2,4-5,9,11,15,17,21H,3,6-8,10,12-14H2. The highest BCUT2D eigenvalue weighted by molar-refractivity contribution is 5.79. The molecule has 1 aromatic rings. The molecule has 1 heterocycles. The molecule has 3 rings (SSSR count). The van der Waals surface area contributed by atoms with Gasteiger partial charge < -0.3 is 14.7 Å². The molecule has 2 atom stereocenters. The lowest BCUT2D eigenvalue weighted by molar-refractivity contribution is -0.138. The third-order valence-corrected chi connectivity index (χ3v) is 4.73. The highest BCUT2D eigenvalue weighted by atomic mass is 16.5. The van der Waals surface area contributed by atoms with Crippen LogP contribution in [0.2, 0.25) is 0 Å². The maximum Gasteiger partial charge on any atom is 0.226 e. The number of amides is 1. The van der Waals surface area contributed by atoms with E-state index in [1.54, 1.807) is 12.1 Å². The fraction of sp³-hybridized carbons (Fsp3) is 0.526. The molecule has 1 aliphatic carbocycles. The van der Waals surface area contributed by atoms with Crippen LogP contribution in [0.1, 0.15) is 37.7 Å². The Kier molecular flexibility index (Phi) is 5.34. The molecule has 1 N–H and O–H groups in total. The number of phenols is 1. The number of para-hydroxylation sites is 1. The molecule has 23 heavy (non-hydrogen) atoms. The lowest BCUT2D eigenvalue weighted by Crippen LogP contribution is -2.40. The Morgan fingerprint density at radius 3 is 2.83 bits per heavy atom. The molecule has 4 nitrogen and oxygen atoms in total. The van der Waals surface area contributed by atoms with Gasteiger partial charge in [-0.05, 0) is 38.2 Å². The van der Waals surface area contributed by atoms with E-state index in [4.69, 9.17) is 4.74 Å². The van der Waals surface area contributed by atoms with Gasteiger partial charge in [-0.2, -0.15) is 0 Å². The van der Waals surface area contributed by atoms with Crippen molar-refractivity contribution in [2.24, 2.45) is 5.92 Å². The second-order valence-electron chi connectivity index (χ2n) is 6.46. The van der Waals surface area contributed by atoms with E-state index in [1.165, 1.54) is 0 Å². The summed E-state index contributed by atoms with van der Waals surface area (Å²) in [6.45, 7) is 1.86. The molecule has 1 aliphatic heterocycles. The van der Waals surface area contributed by atoms with Crippen LogP contribution in [0, 0.1) is 5.92 Å². The lowest BCUT2D eigenvalue weighted by atomic mass is 9.92. The second-order valence-corrected chi connectivity index (χ2v) is 6.46. The van der Waals surface area contributed by atoms with Gasteiger partial charge in [-0.1, -0.05) is 30.4 Å². The predicted molar refractivity (Wildman–Crippen MR) is 89.0 cm³/mol. The SMILES string of the molecule is O=C(C1CC=CCC1)N(Cc1ccccc1O)CC1CCCO1. The maximum atomic E-state index is 13.0. The fourth-order valence-corrected chi connectivity index (χ4v) is 3.39. The monoisotopic (exact) mass is 315 g/mol. The predicted octanol–water partition coefficient (Wildman–Crippen LogP) is 3.26. The Balaban J connectivity index is 1.73. The zero-order valence-electron chi connectivity index (χ0n) is 13.5. The van der Waals surface area contributed by atoms with Crippen LogP contribution >= 0.6 is 0 Å². The number of phenolic OH excluding ortho intramolecular Hbond substituents is 1. The van der Waals surface area contributed by atoms with Crippen LogP contribution in [0.25, 0.3) is 0 Å². The smallest absolute Gasteiger partial charge is 0.226 e. The van der Waals surface area contributed by atoms with Gasteiger partial charge in [0.05, 0.1) is 6.10 Å². The van der Waals surface area contributed by atoms with Crippen molar-refractivity contribution in [1.82, 2.24) is 4.90 Å². The summed E-state index contributed by atoms with van der Waals surface area (Å²) in [6.07, 6.45) is 9.17. The van der Waals surface area contributed by atoms with E-state index >= 15 is 0 Å². The number of hydrogen-bond acceptors (Lipinski definition) is 3. The molecule has 1 aromatic carbocycles. The Morgan fingerprint density at radius 1 is 1.26 bits per heavy atom. The molecule has 2 aliphatic rings. The van der Waals surface area contributed by atoms with Gasteiger partial charge in [0.15, 0.2) is 0 Å². The zero-order chi connectivity index (χ0) is 16.1. The van der Waals surface area contributed by atoms with E-state index in [1.807, 2.05) is 17.0 Å². The molecule has 0 spiro atoms. The number of carbonyl (C=O) groups excluding carboxylic acids is 1. The van der Waals surface area contributed by atoms with Gasteiger partial charge in [0.25, 0.3) is 0 Å². The number of allylic oxidation sites excluding steroid dienone is 2. The van der Waals surface area contributed by atoms with Crippen LogP contribution in [0.4, 0.5) is 0 Å². The van der Waals surface area contributed by atoms with Crippen LogP contribution in [0.15, 0.2) is 36.4 Å². The summed E-state index contributed by atoms with van der Waals surface area (Å²) >= 11 is 0. The van der Waals surface area contributed by atoms with E-state index in [0.29, 0.717) is 13.1 Å². The number of benzene rings is 1. The van der Waals surface area contributed by atoms with Crippen molar-refractivity contribution >= 4 is 5.91 Å². The zero-order valence-corrected chi connectivity index (χ0v) is 13.5. The van der Waals surface area contributed by atoms with Crippen LogP contribution in [-0.2, 0) is 16.1 Å². The summed E-state index contributed by atoms with van der Waals surface area (Å²) in [5.74, 6) is 0.501. The average molecular weight is 315 g/mol. The Hall–Kier alpha value is -1.81. The highest BCUT2D eigenvalue weighted by Crippen LogP contribution is 2.25. The molecule has 0 radical (unpaired) electrons. The normalized spacial score (nSPS) is 23.8. The minimum atomic E-state index is 0.0623. The van der Waals surface area contributed by atoms with Gasteiger partial charge in [0.2, 0.25) is 5.91 Å². The molecule has 1 amide bonds. The first-order valence-electron chi connectivity index (χ1n) is 8.56. The first kappa shape index (κ1) is 16.1. The quantitative estimate of drug-likeness (QED) is 0.849. The van der Waals surface area contributed by atoms with E-state index < -0.39 is 0 Å². The van der Waals surface area contributed by atoms with Crippen molar-refractivity contribution in [3.8, 4) is 5.75 Å². The maximum absolute atomic E-state index is 13.0. The molecule has 2 unspecified atom stereocenters. The summed E-state index contributed by atoms with van der Waals surface area (Å²) < 4.78 is 5.72. The Morgan fingerprint density at radius 2 is 2.13 bits per heavy atom. The summed E-state index contributed by atoms with van der Waals surface area (Å²) in [5, 5.41) is 10.0. The van der Waals surface area contributed by atoms with Gasteiger partial charge in [0, 0.05) is 31.2 Å².